The second-order valence-corrected chi connectivity index (χ2v) is 8.56. The van der Waals surface area contributed by atoms with Crippen molar-refractivity contribution in [2.75, 3.05) is 33.4 Å². The highest BCUT2D eigenvalue weighted by Gasteiger charge is 2.34. The van der Waals surface area contributed by atoms with E-state index < -0.39 is 10.0 Å². The van der Waals surface area contributed by atoms with Crippen LogP contribution in [0, 0.1) is 0 Å². The fourth-order valence-electron chi connectivity index (χ4n) is 3.09. The van der Waals surface area contributed by atoms with Crippen molar-refractivity contribution in [3.05, 3.63) is 23.8 Å². The molecule has 3 rings (SSSR count). The molecular formula is C16H23NO5S. The van der Waals surface area contributed by atoms with Crippen LogP contribution in [0.15, 0.2) is 23.1 Å². The van der Waals surface area contributed by atoms with E-state index in [0.717, 1.165) is 11.3 Å². The molecule has 0 aliphatic carbocycles. The van der Waals surface area contributed by atoms with Crippen LogP contribution in [0.1, 0.15) is 19.4 Å². The van der Waals surface area contributed by atoms with Crippen molar-refractivity contribution >= 4 is 10.0 Å². The van der Waals surface area contributed by atoms with Gasteiger partial charge in [-0.1, -0.05) is 0 Å². The predicted molar refractivity (Wildman–Crippen MR) is 85.2 cm³/mol. The van der Waals surface area contributed by atoms with Gasteiger partial charge in [0.25, 0.3) is 0 Å². The Morgan fingerprint density at radius 3 is 2.91 bits per heavy atom. The Bertz CT molecular complexity index is 684. The normalized spacial score (nSPS) is 24.2. The smallest absolute Gasteiger partial charge is 0.243 e. The standard InChI is InChI=1S/C16H23NO5S/c1-16(2)9-12-8-14(4-5-15(12)22-16)23(18,19)17-6-7-21-13(10-17)11-20-3/h4-5,8,13H,6-7,9-11H2,1-3H3. The Morgan fingerprint density at radius 2 is 2.17 bits per heavy atom. The van der Waals surface area contributed by atoms with Gasteiger partial charge in [0.1, 0.15) is 11.4 Å². The summed E-state index contributed by atoms with van der Waals surface area (Å²) >= 11 is 0. The first-order valence-electron chi connectivity index (χ1n) is 7.74. The van der Waals surface area contributed by atoms with Crippen LogP contribution in [0.25, 0.3) is 0 Å². The fraction of sp³-hybridized carbons (Fsp3) is 0.625. The number of rotatable bonds is 4. The van der Waals surface area contributed by atoms with E-state index in [4.69, 9.17) is 14.2 Å². The van der Waals surface area contributed by atoms with Gasteiger partial charge in [-0.15, -0.1) is 0 Å². The zero-order valence-electron chi connectivity index (χ0n) is 13.7. The molecule has 2 aliphatic rings. The van der Waals surface area contributed by atoms with E-state index in [2.05, 4.69) is 0 Å². The van der Waals surface area contributed by atoms with Crippen LogP contribution in [-0.2, 0) is 25.9 Å². The molecule has 0 radical (unpaired) electrons. The van der Waals surface area contributed by atoms with Crippen molar-refractivity contribution < 1.29 is 22.6 Å². The summed E-state index contributed by atoms with van der Waals surface area (Å²) in [6.45, 7) is 5.44. The van der Waals surface area contributed by atoms with Crippen LogP contribution >= 0.6 is 0 Å². The lowest BCUT2D eigenvalue weighted by Crippen LogP contribution is -2.47. The largest absolute Gasteiger partial charge is 0.487 e. The van der Waals surface area contributed by atoms with Gasteiger partial charge in [0, 0.05) is 26.6 Å². The molecule has 1 atom stereocenters. The minimum Gasteiger partial charge on any atom is -0.487 e. The molecule has 6 nitrogen and oxygen atoms in total. The summed E-state index contributed by atoms with van der Waals surface area (Å²) in [6.07, 6.45) is 0.487. The fourth-order valence-corrected chi connectivity index (χ4v) is 4.60. The summed E-state index contributed by atoms with van der Waals surface area (Å²) in [4.78, 5) is 0.315. The Hall–Kier alpha value is -1.15. The zero-order chi connectivity index (χ0) is 16.7. The van der Waals surface area contributed by atoms with E-state index in [9.17, 15) is 8.42 Å². The van der Waals surface area contributed by atoms with Gasteiger partial charge in [0.15, 0.2) is 0 Å². The average molecular weight is 341 g/mol. The molecule has 128 valence electrons. The quantitative estimate of drug-likeness (QED) is 0.829. The van der Waals surface area contributed by atoms with Gasteiger partial charge in [-0.05, 0) is 37.6 Å². The molecule has 0 bridgehead atoms. The first-order chi connectivity index (χ1) is 10.8. The van der Waals surface area contributed by atoms with E-state index in [0.29, 0.717) is 37.6 Å². The molecular weight excluding hydrogens is 318 g/mol. The van der Waals surface area contributed by atoms with Crippen LogP contribution in [0.4, 0.5) is 0 Å². The minimum absolute atomic E-state index is 0.222. The molecule has 0 spiro atoms. The van der Waals surface area contributed by atoms with Gasteiger partial charge < -0.3 is 14.2 Å². The summed E-state index contributed by atoms with van der Waals surface area (Å²) in [6, 6.07) is 5.11. The lowest BCUT2D eigenvalue weighted by Gasteiger charge is -2.31. The molecule has 0 N–H and O–H groups in total. The van der Waals surface area contributed by atoms with Crippen LogP contribution in [0.2, 0.25) is 0 Å². The zero-order valence-corrected chi connectivity index (χ0v) is 14.6. The molecule has 0 amide bonds. The average Bonchev–Trinajstić information content (AvgIpc) is 2.80. The molecule has 7 heteroatoms. The SMILES string of the molecule is COCC1CN(S(=O)(=O)c2ccc3c(c2)CC(C)(C)O3)CCO1. The van der Waals surface area contributed by atoms with Crippen molar-refractivity contribution in [2.24, 2.45) is 0 Å². The maximum Gasteiger partial charge on any atom is 0.243 e. The van der Waals surface area contributed by atoms with Crippen molar-refractivity contribution in [3.63, 3.8) is 0 Å². The van der Waals surface area contributed by atoms with Gasteiger partial charge >= 0.3 is 0 Å². The van der Waals surface area contributed by atoms with Gasteiger partial charge in [-0.2, -0.15) is 4.31 Å². The summed E-state index contributed by atoms with van der Waals surface area (Å²) in [5.41, 5.74) is 0.658. The number of ether oxygens (including phenoxy) is 3. The number of benzene rings is 1. The van der Waals surface area contributed by atoms with Crippen LogP contribution in [-0.4, -0.2) is 57.8 Å². The van der Waals surface area contributed by atoms with E-state index in [1.165, 1.54) is 4.31 Å². The summed E-state index contributed by atoms with van der Waals surface area (Å²) in [5, 5.41) is 0. The highest BCUT2D eigenvalue weighted by Crippen LogP contribution is 2.36. The van der Waals surface area contributed by atoms with E-state index in [1.807, 2.05) is 13.8 Å². The maximum atomic E-state index is 12.9. The molecule has 1 fully saturated rings. The third kappa shape index (κ3) is 3.38. The highest BCUT2D eigenvalue weighted by atomic mass is 32.2. The molecule has 1 aromatic rings. The number of fused-ring (bicyclic) bond motifs is 1. The van der Waals surface area contributed by atoms with E-state index >= 15 is 0 Å². The Labute approximate surface area is 137 Å². The monoisotopic (exact) mass is 341 g/mol. The number of nitrogens with zero attached hydrogens (tertiary/aromatic N) is 1. The number of morpholine rings is 1. The lowest BCUT2D eigenvalue weighted by atomic mass is 10.0. The molecule has 1 saturated heterocycles. The molecule has 23 heavy (non-hydrogen) atoms. The predicted octanol–water partition coefficient (Wildman–Crippen LogP) is 1.44. The Kier molecular flexibility index (Phi) is 4.39. The number of methoxy groups -OCH3 is 1. The first kappa shape index (κ1) is 16.7. The second kappa shape index (κ2) is 6.05. The number of sulfonamides is 1. The Balaban J connectivity index is 1.83. The molecule has 1 unspecified atom stereocenters. The van der Waals surface area contributed by atoms with Crippen molar-refractivity contribution in [3.8, 4) is 5.75 Å². The van der Waals surface area contributed by atoms with Crippen molar-refractivity contribution in [1.82, 2.24) is 4.31 Å². The van der Waals surface area contributed by atoms with Gasteiger partial charge in [-0.25, -0.2) is 8.42 Å². The lowest BCUT2D eigenvalue weighted by molar-refractivity contribution is -0.0406. The molecule has 2 heterocycles. The van der Waals surface area contributed by atoms with E-state index in [1.54, 1.807) is 25.3 Å². The topological polar surface area (TPSA) is 65.1 Å². The van der Waals surface area contributed by atoms with Gasteiger partial charge in [-0.3, -0.25) is 0 Å². The third-order valence-corrected chi connectivity index (χ3v) is 5.99. The third-order valence-electron chi connectivity index (χ3n) is 4.13. The van der Waals surface area contributed by atoms with E-state index in [-0.39, 0.29) is 11.7 Å². The number of hydrogen-bond acceptors (Lipinski definition) is 5. The minimum atomic E-state index is -3.53. The number of hydrogen-bond donors (Lipinski definition) is 0. The Morgan fingerprint density at radius 1 is 1.39 bits per heavy atom. The van der Waals surface area contributed by atoms with Gasteiger partial charge in [0.2, 0.25) is 10.0 Å². The first-order valence-corrected chi connectivity index (χ1v) is 9.18. The van der Waals surface area contributed by atoms with Crippen LogP contribution < -0.4 is 4.74 Å². The second-order valence-electron chi connectivity index (χ2n) is 6.62. The molecule has 2 aliphatic heterocycles. The highest BCUT2D eigenvalue weighted by molar-refractivity contribution is 7.89. The van der Waals surface area contributed by atoms with Crippen molar-refractivity contribution in [1.29, 1.82) is 0 Å². The maximum absolute atomic E-state index is 12.9. The summed E-state index contributed by atoms with van der Waals surface area (Å²) in [7, 11) is -1.95. The summed E-state index contributed by atoms with van der Waals surface area (Å²) in [5.74, 6) is 0.771. The molecule has 0 aromatic heterocycles. The molecule has 0 saturated carbocycles. The van der Waals surface area contributed by atoms with Crippen molar-refractivity contribution in [2.45, 2.75) is 36.9 Å². The van der Waals surface area contributed by atoms with Crippen LogP contribution in [0.5, 0.6) is 5.75 Å². The molecule has 1 aromatic carbocycles. The van der Waals surface area contributed by atoms with Crippen LogP contribution in [0.3, 0.4) is 0 Å². The summed E-state index contributed by atoms with van der Waals surface area (Å²) < 4.78 is 43.7. The van der Waals surface area contributed by atoms with Gasteiger partial charge in [0.05, 0.1) is 24.2 Å².